The van der Waals surface area contributed by atoms with Crippen molar-refractivity contribution in [1.82, 2.24) is 15.1 Å². The van der Waals surface area contributed by atoms with Crippen LogP contribution in [0.2, 0.25) is 0 Å². The van der Waals surface area contributed by atoms with Crippen LogP contribution in [-0.4, -0.2) is 35.4 Å². The van der Waals surface area contributed by atoms with Crippen LogP contribution in [0.5, 0.6) is 0 Å². The Balaban J connectivity index is 1.88. The van der Waals surface area contributed by atoms with E-state index in [0.717, 1.165) is 35.7 Å². The summed E-state index contributed by atoms with van der Waals surface area (Å²) < 4.78 is 7.40. The maximum atomic E-state index is 12.0. The van der Waals surface area contributed by atoms with Gasteiger partial charge in [-0.05, 0) is 44.4 Å². The molecule has 0 bridgehead atoms. The molecule has 0 saturated heterocycles. The summed E-state index contributed by atoms with van der Waals surface area (Å²) in [5, 5.41) is 7.47. The predicted molar refractivity (Wildman–Crippen MR) is 105 cm³/mol. The van der Waals surface area contributed by atoms with E-state index in [-0.39, 0.29) is 5.91 Å². The number of para-hydroxylation sites is 1. The summed E-state index contributed by atoms with van der Waals surface area (Å²) in [6.07, 6.45) is 4.22. The van der Waals surface area contributed by atoms with Crippen LogP contribution in [0.1, 0.15) is 37.2 Å². The molecular formula is C21H29N3O2. The Morgan fingerprint density at radius 2 is 2.00 bits per heavy atom. The Kier molecular flexibility index (Phi) is 7.60. The van der Waals surface area contributed by atoms with Crippen LogP contribution < -0.4 is 5.32 Å². The van der Waals surface area contributed by atoms with Crippen molar-refractivity contribution in [3.63, 3.8) is 0 Å². The summed E-state index contributed by atoms with van der Waals surface area (Å²) in [7, 11) is 0. The average Bonchev–Trinajstić information content (AvgIpc) is 2.91. The van der Waals surface area contributed by atoms with Gasteiger partial charge < -0.3 is 10.1 Å². The van der Waals surface area contributed by atoms with E-state index in [4.69, 9.17) is 4.74 Å². The Labute approximate surface area is 156 Å². The number of carbonyl (C=O) groups is 1. The van der Waals surface area contributed by atoms with Crippen molar-refractivity contribution in [2.24, 2.45) is 5.92 Å². The molecule has 0 spiro atoms. The molecular weight excluding hydrogens is 326 g/mol. The minimum Gasteiger partial charge on any atom is -0.381 e. The first-order chi connectivity index (χ1) is 12.5. The second-order valence-electron chi connectivity index (χ2n) is 6.78. The molecule has 140 valence electrons. The second-order valence-corrected chi connectivity index (χ2v) is 6.78. The summed E-state index contributed by atoms with van der Waals surface area (Å²) in [5.74, 6) is 0.441. The van der Waals surface area contributed by atoms with Crippen LogP contribution in [0.4, 0.5) is 0 Å². The van der Waals surface area contributed by atoms with Gasteiger partial charge >= 0.3 is 0 Å². The topological polar surface area (TPSA) is 56.2 Å². The highest BCUT2D eigenvalue weighted by atomic mass is 16.5. The van der Waals surface area contributed by atoms with Crippen molar-refractivity contribution in [2.45, 2.75) is 34.1 Å². The maximum Gasteiger partial charge on any atom is 0.244 e. The van der Waals surface area contributed by atoms with Gasteiger partial charge in [0, 0.05) is 37.1 Å². The zero-order valence-electron chi connectivity index (χ0n) is 16.2. The molecule has 0 unspecified atom stereocenters. The van der Waals surface area contributed by atoms with E-state index in [0.29, 0.717) is 19.1 Å². The number of carbonyl (C=O) groups excluding carboxylic acids is 1. The van der Waals surface area contributed by atoms with Gasteiger partial charge in [-0.25, -0.2) is 4.68 Å². The van der Waals surface area contributed by atoms with Gasteiger partial charge in [0.05, 0.1) is 11.4 Å². The van der Waals surface area contributed by atoms with Crippen molar-refractivity contribution in [3.8, 4) is 5.69 Å². The molecule has 0 fully saturated rings. The molecule has 5 heteroatoms. The van der Waals surface area contributed by atoms with E-state index in [1.54, 1.807) is 6.08 Å². The first-order valence-electron chi connectivity index (χ1n) is 9.14. The third kappa shape index (κ3) is 5.85. The van der Waals surface area contributed by atoms with Crippen molar-refractivity contribution in [3.05, 3.63) is 53.4 Å². The van der Waals surface area contributed by atoms with Crippen LogP contribution >= 0.6 is 0 Å². The van der Waals surface area contributed by atoms with Gasteiger partial charge in [0.25, 0.3) is 0 Å². The van der Waals surface area contributed by atoms with E-state index in [9.17, 15) is 4.79 Å². The summed E-state index contributed by atoms with van der Waals surface area (Å²) in [5.41, 5.74) is 3.90. The highest BCUT2D eigenvalue weighted by Gasteiger charge is 2.10. The third-order valence-corrected chi connectivity index (χ3v) is 3.97. The molecule has 0 saturated carbocycles. The Hall–Kier alpha value is -2.40. The molecule has 0 aliphatic carbocycles. The number of hydrogen-bond acceptors (Lipinski definition) is 3. The minimum absolute atomic E-state index is 0.0971. The van der Waals surface area contributed by atoms with Gasteiger partial charge in [0.1, 0.15) is 0 Å². The van der Waals surface area contributed by atoms with Crippen LogP contribution in [0.15, 0.2) is 36.4 Å². The van der Waals surface area contributed by atoms with Crippen LogP contribution in [-0.2, 0) is 9.53 Å². The average molecular weight is 355 g/mol. The lowest BCUT2D eigenvalue weighted by Crippen LogP contribution is -2.23. The van der Waals surface area contributed by atoms with Crippen molar-refractivity contribution >= 4 is 12.0 Å². The zero-order valence-corrected chi connectivity index (χ0v) is 16.2. The van der Waals surface area contributed by atoms with Gasteiger partial charge in [-0.15, -0.1) is 0 Å². The number of ether oxygens (including phenoxy) is 1. The molecule has 2 aromatic rings. The van der Waals surface area contributed by atoms with Gasteiger partial charge in [0.2, 0.25) is 5.91 Å². The number of aromatic nitrogens is 2. The first kappa shape index (κ1) is 19.9. The van der Waals surface area contributed by atoms with Crippen LogP contribution in [0, 0.1) is 19.8 Å². The van der Waals surface area contributed by atoms with E-state index in [1.165, 1.54) is 0 Å². The molecule has 26 heavy (non-hydrogen) atoms. The standard InChI is InChI=1S/C21H29N3O2/c1-16(2)15-26-14-8-13-22-21(25)12-11-20-17(3)23-24(18(20)4)19-9-6-5-7-10-19/h5-7,9-12,16H,8,13-15H2,1-4H3,(H,22,25)/b12-11+. The van der Waals surface area contributed by atoms with Crippen molar-refractivity contribution in [1.29, 1.82) is 0 Å². The molecule has 2 rings (SSSR count). The Bertz CT molecular complexity index is 733. The monoisotopic (exact) mass is 355 g/mol. The van der Waals surface area contributed by atoms with Crippen molar-refractivity contribution in [2.75, 3.05) is 19.8 Å². The van der Waals surface area contributed by atoms with E-state index in [1.807, 2.05) is 54.9 Å². The fourth-order valence-corrected chi connectivity index (χ4v) is 2.64. The van der Waals surface area contributed by atoms with Gasteiger partial charge in [-0.3, -0.25) is 4.79 Å². The summed E-state index contributed by atoms with van der Waals surface area (Å²) in [4.78, 5) is 12.0. The lowest BCUT2D eigenvalue weighted by atomic mass is 10.2. The van der Waals surface area contributed by atoms with E-state index >= 15 is 0 Å². The number of nitrogens with one attached hydrogen (secondary N) is 1. The van der Waals surface area contributed by atoms with Crippen molar-refractivity contribution < 1.29 is 9.53 Å². The highest BCUT2D eigenvalue weighted by molar-refractivity contribution is 5.92. The Morgan fingerprint density at radius 3 is 2.69 bits per heavy atom. The number of amides is 1. The molecule has 0 aliphatic rings. The number of benzene rings is 1. The molecule has 1 aromatic heterocycles. The van der Waals surface area contributed by atoms with Gasteiger partial charge in [-0.2, -0.15) is 5.10 Å². The fourth-order valence-electron chi connectivity index (χ4n) is 2.64. The summed E-state index contributed by atoms with van der Waals surface area (Å²) >= 11 is 0. The van der Waals surface area contributed by atoms with Gasteiger partial charge in [0.15, 0.2) is 0 Å². The zero-order chi connectivity index (χ0) is 18.9. The molecule has 1 amide bonds. The normalized spacial score (nSPS) is 11.4. The summed E-state index contributed by atoms with van der Waals surface area (Å²) in [6.45, 7) is 10.3. The fraction of sp³-hybridized carbons (Fsp3) is 0.429. The lowest BCUT2D eigenvalue weighted by Gasteiger charge is -2.06. The second kappa shape index (κ2) is 9.92. The Morgan fingerprint density at radius 1 is 1.27 bits per heavy atom. The maximum absolute atomic E-state index is 12.0. The number of nitrogens with zero attached hydrogens (tertiary/aromatic N) is 2. The molecule has 5 nitrogen and oxygen atoms in total. The lowest BCUT2D eigenvalue weighted by molar-refractivity contribution is -0.116. The highest BCUT2D eigenvalue weighted by Crippen LogP contribution is 2.18. The SMILES string of the molecule is Cc1nn(-c2ccccc2)c(C)c1/C=C/C(=O)NCCCOCC(C)C. The van der Waals surface area contributed by atoms with E-state index in [2.05, 4.69) is 24.3 Å². The molecule has 1 N–H and O–H groups in total. The largest absolute Gasteiger partial charge is 0.381 e. The summed E-state index contributed by atoms with van der Waals surface area (Å²) in [6, 6.07) is 9.98. The number of rotatable bonds is 9. The predicted octanol–water partition coefficient (Wildman–Crippen LogP) is 3.68. The smallest absolute Gasteiger partial charge is 0.244 e. The molecule has 1 aromatic carbocycles. The van der Waals surface area contributed by atoms with Crippen LogP contribution in [0.3, 0.4) is 0 Å². The number of hydrogen-bond donors (Lipinski definition) is 1. The molecule has 0 radical (unpaired) electrons. The third-order valence-electron chi connectivity index (χ3n) is 3.97. The van der Waals surface area contributed by atoms with E-state index < -0.39 is 0 Å². The van der Waals surface area contributed by atoms with Crippen LogP contribution in [0.25, 0.3) is 11.8 Å². The molecule has 0 atom stereocenters. The minimum atomic E-state index is -0.0971. The number of aryl methyl sites for hydroxylation is 1. The molecule has 0 aliphatic heterocycles. The quantitative estimate of drug-likeness (QED) is 0.551. The first-order valence-corrected chi connectivity index (χ1v) is 9.14. The van der Waals surface area contributed by atoms with Gasteiger partial charge in [-0.1, -0.05) is 32.0 Å². The molecule has 1 heterocycles.